The van der Waals surface area contributed by atoms with E-state index >= 15 is 0 Å². The summed E-state index contributed by atoms with van der Waals surface area (Å²) in [5.74, 6) is 0. The van der Waals surface area contributed by atoms with Crippen LogP contribution < -0.4 is 9.13 Å². The van der Waals surface area contributed by atoms with Crippen molar-refractivity contribution in [2.75, 3.05) is 0 Å². The zero-order valence-electron chi connectivity index (χ0n) is 30.4. The maximum Gasteiger partial charge on any atom is 0.214 e. The van der Waals surface area contributed by atoms with Crippen LogP contribution in [-0.4, -0.2) is 0 Å². The van der Waals surface area contributed by atoms with Crippen LogP contribution in [0.4, 0.5) is 0 Å². The number of pyridine rings is 2. The van der Waals surface area contributed by atoms with Crippen LogP contribution in [-0.2, 0) is 25.9 Å². The van der Waals surface area contributed by atoms with E-state index in [-0.39, 0.29) is 0 Å². The van der Waals surface area contributed by atoms with Crippen LogP contribution >= 0.6 is 0 Å². The molecule has 54 heavy (non-hydrogen) atoms. The highest BCUT2D eigenvalue weighted by molar-refractivity contribution is 6.08. The van der Waals surface area contributed by atoms with Crippen LogP contribution in [0.25, 0.3) is 90.7 Å². The molecule has 0 saturated carbocycles. The van der Waals surface area contributed by atoms with Crippen molar-refractivity contribution < 1.29 is 18.0 Å². The molecule has 0 fully saturated rings. The van der Waals surface area contributed by atoms with Crippen LogP contribution in [0.3, 0.4) is 0 Å². The number of nitrogens with zero attached hydrogens (tertiary/aromatic N) is 2. The second-order valence-corrected chi connectivity index (χ2v) is 14.8. The number of hydrogen-bond acceptors (Lipinski definition) is 2. The normalized spacial score (nSPS) is 13.7. The number of aryl methyl sites for hydroxylation is 2. The first-order valence-corrected chi connectivity index (χ1v) is 19.0. The maximum absolute atomic E-state index is 6.35. The molecular formula is C50H38N2O2+2. The lowest BCUT2D eigenvalue weighted by Crippen LogP contribution is -2.43. The predicted octanol–water partition coefficient (Wildman–Crippen LogP) is 11.5. The van der Waals surface area contributed by atoms with Crippen LogP contribution in [0.15, 0.2) is 130 Å². The van der Waals surface area contributed by atoms with E-state index < -0.39 is 0 Å². The van der Waals surface area contributed by atoms with Gasteiger partial charge in [0.05, 0.1) is 11.1 Å². The molecule has 0 N–H and O–H groups in total. The minimum atomic E-state index is 0.922. The molecule has 0 atom stereocenters. The van der Waals surface area contributed by atoms with E-state index in [0.29, 0.717) is 0 Å². The molecule has 4 nitrogen and oxygen atoms in total. The van der Waals surface area contributed by atoms with Gasteiger partial charge in [0.2, 0.25) is 11.4 Å². The van der Waals surface area contributed by atoms with Gasteiger partial charge in [0.15, 0.2) is 25.5 Å². The van der Waals surface area contributed by atoms with Crippen LogP contribution in [0.2, 0.25) is 0 Å². The summed E-state index contributed by atoms with van der Waals surface area (Å²) in [7, 11) is 0. The number of aromatic nitrogens is 2. The fourth-order valence-electron chi connectivity index (χ4n) is 9.08. The summed E-state index contributed by atoms with van der Waals surface area (Å²) in [4.78, 5) is 0. The van der Waals surface area contributed by atoms with Crippen molar-refractivity contribution in [1.82, 2.24) is 0 Å². The molecule has 0 bridgehead atoms. The average molecular weight is 699 g/mol. The number of fused-ring (bicyclic) bond motifs is 13. The Morgan fingerprint density at radius 3 is 1.41 bits per heavy atom. The molecule has 0 spiro atoms. The minimum Gasteiger partial charge on any atom is -0.455 e. The number of benzene rings is 5. The van der Waals surface area contributed by atoms with Crippen LogP contribution in [0, 0.1) is 13.8 Å². The van der Waals surface area contributed by atoms with Gasteiger partial charge in [0, 0.05) is 69.8 Å². The SMILES string of the molecule is Cc1c(C)c2c(c3c1CC[n+]1ccc(C=Cc4cccc5c4oc4ccccc45)cc1-3)-c1cc(C=Cc3cccc4c3oc3ccccc34)cc[n+]1CC2. The minimum absolute atomic E-state index is 0.922. The number of para-hydroxylation sites is 4. The Morgan fingerprint density at radius 1 is 0.481 bits per heavy atom. The molecular weight excluding hydrogens is 661 g/mol. The monoisotopic (exact) mass is 698 g/mol. The second-order valence-electron chi connectivity index (χ2n) is 14.8. The van der Waals surface area contributed by atoms with Crippen molar-refractivity contribution in [3.63, 3.8) is 0 Å². The summed E-state index contributed by atoms with van der Waals surface area (Å²) in [6.45, 7) is 6.62. The molecule has 4 heteroatoms. The number of furan rings is 2. The molecule has 2 aliphatic rings. The summed E-state index contributed by atoms with van der Waals surface area (Å²) in [5, 5.41) is 4.61. The molecule has 9 aromatic rings. The highest BCUT2D eigenvalue weighted by Crippen LogP contribution is 2.43. The lowest BCUT2D eigenvalue weighted by molar-refractivity contribution is -0.689. The van der Waals surface area contributed by atoms with Gasteiger partial charge in [-0.25, -0.2) is 0 Å². The van der Waals surface area contributed by atoms with Crippen molar-refractivity contribution in [3.8, 4) is 22.5 Å². The third-order valence-electron chi connectivity index (χ3n) is 11.9. The standard InChI is InChI=1S/C50H38N2O2/c1-31-32(2)38-24-28-52-26-22-34(18-20-36-10-8-14-42-40-12-4-6-16-46(40)54-50(36)42)30-44(52)48(38)47-37(31)23-27-51-25-21-33(29-43(47)51)17-19-35-9-7-13-41-39-11-3-5-15-45(39)53-49(35)41/h3-22,25-26,29-30H,23-24,27-28H2,1-2H3/q+2. The molecule has 5 aromatic carbocycles. The van der Waals surface area contributed by atoms with Crippen molar-refractivity contribution in [2.24, 2.45) is 0 Å². The van der Waals surface area contributed by atoms with Gasteiger partial charge in [0.25, 0.3) is 0 Å². The summed E-state index contributed by atoms with van der Waals surface area (Å²) in [6, 6.07) is 38.7. The number of hydrogen-bond donors (Lipinski definition) is 0. The lowest BCUT2D eigenvalue weighted by Gasteiger charge is -2.27. The fourth-order valence-corrected chi connectivity index (χ4v) is 9.08. The molecule has 258 valence electrons. The first-order chi connectivity index (χ1) is 26.6. The summed E-state index contributed by atoms with van der Waals surface area (Å²) in [5.41, 5.74) is 19.4. The topological polar surface area (TPSA) is 34.0 Å². The molecule has 11 rings (SSSR count). The Hall–Kier alpha value is -6.52. The summed E-state index contributed by atoms with van der Waals surface area (Å²) >= 11 is 0. The van der Waals surface area contributed by atoms with E-state index in [1.807, 2.05) is 24.3 Å². The highest BCUT2D eigenvalue weighted by Gasteiger charge is 2.36. The summed E-state index contributed by atoms with van der Waals surface area (Å²) in [6.07, 6.45) is 15.5. The Labute approximate surface area is 313 Å². The Morgan fingerprint density at radius 2 is 0.926 bits per heavy atom. The molecule has 0 saturated heterocycles. The zero-order valence-corrected chi connectivity index (χ0v) is 30.4. The second kappa shape index (κ2) is 12.0. The molecule has 2 aliphatic heterocycles. The Balaban J connectivity index is 1.02. The molecule has 6 heterocycles. The lowest BCUT2D eigenvalue weighted by atomic mass is 9.79. The van der Waals surface area contributed by atoms with Gasteiger partial charge in [-0.15, -0.1) is 0 Å². The van der Waals surface area contributed by atoms with Gasteiger partial charge in [-0.1, -0.05) is 97.1 Å². The van der Waals surface area contributed by atoms with Gasteiger partial charge in [-0.05, 0) is 59.4 Å². The Bertz CT molecular complexity index is 2870. The average Bonchev–Trinajstić information content (AvgIpc) is 3.80. The zero-order chi connectivity index (χ0) is 35.9. The fraction of sp³-hybridized carbons (Fsp3) is 0.120. The first-order valence-electron chi connectivity index (χ1n) is 19.0. The van der Waals surface area contributed by atoms with Crippen molar-refractivity contribution >= 4 is 68.2 Å². The van der Waals surface area contributed by atoms with Crippen molar-refractivity contribution in [1.29, 1.82) is 0 Å². The molecule has 0 unspecified atom stereocenters. The smallest absolute Gasteiger partial charge is 0.214 e. The van der Waals surface area contributed by atoms with E-state index in [4.69, 9.17) is 8.83 Å². The van der Waals surface area contributed by atoms with E-state index in [2.05, 4.69) is 145 Å². The summed E-state index contributed by atoms with van der Waals surface area (Å²) < 4.78 is 17.6. The van der Waals surface area contributed by atoms with E-state index in [0.717, 1.165) is 80.9 Å². The van der Waals surface area contributed by atoms with E-state index in [1.54, 1.807) is 0 Å². The van der Waals surface area contributed by atoms with E-state index in [9.17, 15) is 0 Å². The van der Waals surface area contributed by atoms with Crippen LogP contribution in [0.5, 0.6) is 0 Å². The third-order valence-corrected chi connectivity index (χ3v) is 11.9. The van der Waals surface area contributed by atoms with Crippen molar-refractivity contribution in [2.45, 2.75) is 39.8 Å². The quantitative estimate of drug-likeness (QED) is 0.172. The molecule has 0 aliphatic carbocycles. The molecule has 0 amide bonds. The van der Waals surface area contributed by atoms with Gasteiger partial charge in [-0.3, -0.25) is 0 Å². The predicted molar refractivity (Wildman–Crippen MR) is 220 cm³/mol. The number of rotatable bonds is 4. The molecule has 0 radical (unpaired) electrons. The van der Waals surface area contributed by atoms with Gasteiger partial charge >= 0.3 is 0 Å². The first kappa shape index (κ1) is 31.0. The molecule has 4 aromatic heterocycles. The Kier molecular flexibility index (Phi) is 6.90. The highest BCUT2D eigenvalue weighted by atomic mass is 16.3. The largest absolute Gasteiger partial charge is 0.455 e. The van der Waals surface area contributed by atoms with Gasteiger partial charge in [-0.2, -0.15) is 9.13 Å². The third kappa shape index (κ3) is 4.76. The van der Waals surface area contributed by atoms with Crippen LogP contribution in [0.1, 0.15) is 44.5 Å². The van der Waals surface area contributed by atoms with Gasteiger partial charge < -0.3 is 8.83 Å². The van der Waals surface area contributed by atoms with E-state index in [1.165, 1.54) is 55.9 Å². The van der Waals surface area contributed by atoms with Crippen molar-refractivity contribution in [3.05, 3.63) is 166 Å². The maximum atomic E-state index is 6.35. The van der Waals surface area contributed by atoms with Gasteiger partial charge in [0.1, 0.15) is 22.3 Å².